The second kappa shape index (κ2) is 9.31. The van der Waals surface area contributed by atoms with Crippen molar-refractivity contribution in [1.82, 2.24) is 0 Å². The first-order chi connectivity index (χ1) is 13.7. The van der Waals surface area contributed by atoms with E-state index in [-0.39, 0.29) is 36.8 Å². The third-order valence-electron chi connectivity index (χ3n) is 3.99. The lowest BCUT2D eigenvalue weighted by Crippen LogP contribution is -2.25. The average Bonchev–Trinajstić information content (AvgIpc) is 2.65. The van der Waals surface area contributed by atoms with E-state index in [0.29, 0.717) is 5.56 Å². The van der Waals surface area contributed by atoms with Crippen molar-refractivity contribution in [1.29, 1.82) is 0 Å². The Bertz CT molecular complexity index is 885. The highest BCUT2D eigenvalue weighted by Gasteiger charge is 2.30. The summed E-state index contributed by atoms with van der Waals surface area (Å²) >= 11 is 0. The molecule has 3 N–H and O–H groups in total. The lowest BCUT2D eigenvalue weighted by molar-refractivity contribution is -0.137. The molecule has 0 atom stereocenters. The standard InChI is InChI=1S/C20H21F4N3O2/c1-3-10-27(12-13-6-5-7-14(11-13)20(22,23)24)16-9-8-15(18(25)17(16)21)26-19(28)29-4-2/h3,5-9,11H,1,4,10,12,25H2,2H3,(H,26,28). The minimum absolute atomic E-state index is 0.00302. The Hall–Kier alpha value is -3.23. The van der Waals surface area contributed by atoms with E-state index in [2.05, 4.69) is 11.9 Å². The highest BCUT2D eigenvalue weighted by molar-refractivity contribution is 5.90. The molecule has 29 heavy (non-hydrogen) atoms. The minimum Gasteiger partial charge on any atom is -0.450 e. The van der Waals surface area contributed by atoms with Crippen LogP contribution in [0.4, 0.5) is 39.4 Å². The van der Waals surface area contributed by atoms with E-state index in [1.807, 2.05) is 0 Å². The van der Waals surface area contributed by atoms with Gasteiger partial charge in [0.15, 0.2) is 5.82 Å². The predicted molar refractivity (Wildman–Crippen MR) is 104 cm³/mol. The topological polar surface area (TPSA) is 67.6 Å². The molecule has 0 unspecified atom stereocenters. The number of halogens is 4. The third kappa shape index (κ3) is 5.63. The molecule has 0 aliphatic carbocycles. The number of rotatable bonds is 7. The quantitative estimate of drug-likeness (QED) is 0.374. The molecule has 5 nitrogen and oxygen atoms in total. The van der Waals surface area contributed by atoms with Crippen molar-refractivity contribution in [3.63, 3.8) is 0 Å². The molecular formula is C20H21F4N3O2. The van der Waals surface area contributed by atoms with Gasteiger partial charge >= 0.3 is 12.3 Å². The van der Waals surface area contributed by atoms with Gasteiger partial charge < -0.3 is 15.4 Å². The Morgan fingerprint density at radius 1 is 1.31 bits per heavy atom. The molecule has 0 spiro atoms. The number of nitrogens with one attached hydrogen (secondary N) is 1. The van der Waals surface area contributed by atoms with E-state index in [4.69, 9.17) is 10.5 Å². The van der Waals surface area contributed by atoms with Gasteiger partial charge in [-0.2, -0.15) is 13.2 Å². The molecular weight excluding hydrogens is 390 g/mol. The molecule has 0 fully saturated rings. The highest BCUT2D eigenvalue weighted by Crippen LogP contribution is 2.33. The van der Waals surface area contributed by atoms with Crippen molar-refractivity contribution in [3.8, 4) is 0 Å². The summed E-state index contributed by atoms with van der Waals surface area (Å²) in [6, 6.07) is 7.56. The maximum absolute atomic E-state index is 14.9. The monoisotopic (exact) mass is 411 g/mol. The molecule has 0 heterocycles. The fourth-order valence-corrected chi connectivity index (χ4v) is 2.68. The second-order valence-corrected chi connectivity index (χ2v) is 6.07. The Morgan fingerprint density at radius 3 is 2.66 bits per heavy atom. The molecule has 1 amide bonds. The SMILES string of the molecule is C=CCN(Cc1cccc(C(F)(F)F)c1)c1ccc(NC(=O)OCC)c(N)c1F. The predicted octanol–water partition coefficient (Wildman–Crippen LogP) is 5.19. The lowest BCUT2D eigenvalue weighted by atomic mass is 10.1. The van der Waals surface area contributed by atoms with Crippen LogP contribution in [-0.2, 0) is 17.5 Å². The number of hydrogen-bond acceptors (Lipinski definition) is 4. The fraction of sp³-hybridized carbons (Fsp3) is 0.250. The van der Waals surface area contributed by atoms with Crippen molar-refractivity contribution in [3.05, 3.63) is 66.0 Å². The number of amides is 1. The zero-order valence-electron chi connectivity index (χ0n) is 15.7. The molecule has 0 saturated heterocycles. The van der Waals surface area contributed by atoms with E-state index >= 15 is 0 Å². The Kier molecular flexibility index (Phi) is 7.08. The highest BCUT2D eigenvalue weighted by atomic mass is 19.4. The first-order valence-electron chi connectivity index (χ1n) is 8.71. The average molecular weight is 411 g/mol. The number of alkyl halides is 3. The van der Waals surface area contributed by atoms with Crippen LogP contribution in [0.5, 0.6) is 0 Å². The molecule has 0 aliphatic heterocycles. The number of anilines is 3. The van der Waals surface area contributed by atoms with E-state index in [0.717, 1.165) is 12.1 Å². The van der Waals surface area contributed by atoms with Crippen LogP contribution in [0.15, 0.2) is 49.1 Å². The molecule has 0 saturated carbocycles. The van der Waals surface area contributed by atoms with Gasteiger partial charge in [-0.15, -0.1) is 6.58 Å². The van der Waals surface area contributed by atoms with E-state index < -0.39 is 23.7 Å². The maximum Gasteiger partial charge on any atom is 0.416 e. The summed E-state index contributed by atoms with van der Waals surface area (Å²) < 4.78 is 58.4. The van der Waals surface area contributed by atoms with Crippen LogP contribution in [0.1, 0.15) is 18.1 Å². The Balaban J connectivity index is 2.32. The molecule has 0 radical (unpaired) electrons. The largest absolute Gasteiger partial charge is 0.450 e. The molecule has 2 aromatic rings. The summed E-state index contributed by atoms with van der Waals surface area (Å²) in [5, 5.41) is 2.33. The van der Waals surface area contributed by atoms with Gasteiger partial charge in [-0.3, -0.25) is 5.32 Å². The van der Waals surface area contributed by atoms with Crippen molar-refractivity contribution >= 4 is 23.2 Å². The minimum atomic E-state index is -4.48. The summed E-state index contributed by atoms with van der Waals surface area (Å²) in [6.07, 6.45) is -3.76. The van der Waals surface area contributed by atoms with Crippen molar-refractivity contribution < 1.29 is 27.1 Å². The first kappa shape index (κ1) is 22.1. The van der Waals surface area contributed by atoms with Crippen molar-refractivity contribution in [2.45, 2.75) is 19.6 Å². The molecule has 9 heteroatoms. The van der Waals surface area contributed by atoms with Crippen LogP contribution >= 0.6 is 0 Å². The Morgan fingerprint density at radius 2 is 2.03 bits per heavy atom. The van der Waals surface area contributed by atoms with Gasteiger partial charge in [0.25, 0.3) is 0 Å². The zero-order valence-corrected chi connectivity index (χ0v) is 15.7. The number of nitrogen functional groups attached to an aromatic ring is 1. The molecule has 156 valence electrons. The summed E-state index contributed by atoms with van der Waals surface area (Å²) in [5.41, 5.74) is 5.12. The second-order valence-electron chi connectivity index (χ2n) is 6.07. The van der Waals surface area contributed by atoms with Gasteiger partial charge in [0.1, 0.15) is 0 Å². The van der Waals surface area contributed by atoms with Crippen LogP contribution in [0.2, 0.25) is 0 Å². The van der Waals surface area contributed by atoms with Crippen molar-refractivity contribution in [2.75, 3.05) is 29.1 Å². The van der Waals surface area contributed by atoms with Crippen LogP contribution in [0.3, 0.4) is 0 Å². The van der Waals surface area contributed by atoms with Gasteiger partial charge in [-0.1, -0.05) is 18.2 Å². The van der Waals surface area contributed by atoms with Gasteiger partial charge in [0.05, 0.1) is 29.2 Å². The lowest BCUT2D eigenvalue weighted by Gasteiger charge is -2.25. The fourth-order valence-electron chi connectivity index (χ4n) is 2.68. The number of carbonyl (C=O) groups excluding carboxylic acids is 1. The molecule has 0 aromatic heterocycles. The van der Waals surface area contributed by atoms with Crippen LogP contribution in [-0.4, -0.2) is 19.2 Å². The number of carbonyl (C=O) groups is 1. The smallest absolute Gasteiger partial charge is 0.416 e. The zero-order chi connectivity index (χ0) is 21.6. The van der Waals surface area contributed by atoms with Crippen LogP contribution < -0.4 is 16.0 Å². The first-order valence-corrected chi connectivity index (χ1v) is 8.71. The van der Waals surface area contributed by atoms with E-state index in [9.17, 15) is 22.4 Å². The summed E-state index contributed by atoms with van der Waals surface area (Å²) in [5.74, 6) is -0.812. The number of benzene rings is 2. The summed E-state index contributed by atoms with van der Waals surface area (Å²) in [4.78, 5) is 13.0. The third-order valence-corrected chi connectivity index (χ3v) is 3.99. The van der Waals surface area contributed by atoms with Gasteiger partial charge in [-0.05, 0) is 36.8 Å². The number of ether oxygens (including phenoxy) is 1. The molecule has 0 bridgehead atoms. The van der Waals surface area contributed by atoms with Gasteiger partial charge in [-0.25, -0.2) is 9.18 Å². The summed E-state index contributed by atoms with van der Waals surface area (Å²) in [7, 11) is 0. The molecule has 2 aromatic carbocycles. The number of nitrogens with two attached hydrogens (primary N) is 1. The van der Waals surface area contributed by atoms with Gasteiger partial charge in [0.2, 0.25) is 0 Å². The van der Waals surface area contributed by atoms with Gasteiger partial charge in [0, 0.05) is 13.1 Å². The molecule has 2 rings (SSSR count). The maximum atomic E-state index is 14.9. The van der Waals surface area contributed by atoms with Crippen LogP contribution in [0, 0.1) is 5.82 Å². The number of hydrogen-bond donors (Lipinski definition) is 2. The molecule has 0 aliphatic rings. The van der Waals surface area contributed by atoms with Crippen molar-refractivity contribution in [2.24, 2.45) is 0 Å². The van der Waals surface area contributed by atoms with E-state index in [1.54, 1.807) is 6.92 Å². The normalized spacial score (nSPS) is 11.1. The van der Waals surface area contributed by atoms with E-state index in [1.165, 1.54) is 35.2 Å². The number of nitrogens with zero attached hydrogens (tertiary/aromatic N) is 1. The Labute approximate surface area is 165 Å². The summed E-state index contributed by atoms with van der Waals surface area (Å²) in [6.45, 7) is 5.52. The van der Waals surface area contributed by atoms with Crippen LogP contribution in [0.25, 0.3) is 0 Å².